The van der Waals surface area contributed by atoms with Crippen molar-refractivity contribution in [2.75, 3.05) is 0 Å². The van der Waals surface area contributed by atoms with Crippen molar-refractivity contribution in [3.63, 3.8) is 0 Å². The number of nitrogens with zero attached hydrogens (tertiary/aromatic N) is 1. The van der Waals surface area contributed by atoms with E-state index in [1.165, 1.54) is 0 Å². The van der Waals surface area contributed by atoms with Crippen LogP contribution in [0.15, 0.2) is 35.9 Å². The number of hydrogen-bond donors (Lipinski definition) is 0. The van der Waals surface area contributed by atoms with E-state index in [1.807, 2.05) is 0 Å². The topological polar surface area (TPSA) is 52.4 Å². The van der Waals surface area contributed by atoms with E-state index in [-0.39, 0.29) is 24.3 Å². The summed E-state index contributed by atoms with van der Waals surface area (Å²) >= 11 is 0. The second-order valence-corrected chi connectivity index (χ2v) is 6.29. The number of alkyl halides is 15. The molecule has 1 unspecified atom stereocenters. The average Bonchev–Trinajstić information content (AvgIpc) is 2.54. The van der Waals surface area contributed by atoms with E-state index in [9.17, 15) is 80.4 Å². The van der Waals surface area contributed by atoms with Gasteiger partial charge in [0.1, 0.15) is 0 Å². The number of ether oxygens (including phenoxy) is 1. The Morgan fingerprint density at radius 2 is 1.06 bits per heavy atom. The highest BCUT2D eigenvalue weighted by molar-refractivity contribution is 5.36. The van der Waals surface area contributed by atoms with Gasteiger partial charge in [0.05, 0.1) is 4.92 Å². The van der Waals surface area contributed by atoms with Gasteiger partial charge in [-0.25, -0.2) is 0 Å². The summed E-state index contributed by atoms with van der Waals surface area (Å²) in [6.07, 6.45) is -41.8. The number of halogens is 16. The number of hydrogen-bond acceptors (Lipinski definition) is 3. The lowest BCUT2D eigenvalue weighted by atomic mass is 9.76. The first kappa shape index (κ1) is 30.1. The van der Waals surface area contributed by atoms with E-state index in [4.69, 9.17) is 0 Å². The normalized spacial score (nSPS) is 15.0. The second kappa shape index (κ2) is 8.92. The van der Waals surface area contributed by atoms with Gasteiger partial charge in [0.2, 0.25) is 5.57 Å². The highest BCUT2D eigenvalue weighted by Crippen LogP contribution is 2.66. The molecule has 1 aromatic carbocycles. The third kappa shape index (κ3) is 5.65. The summed E-state index contributed by atoms with van der Waals surface area (Å²) in [5, 5.41) is 10.6. The van der Waals surface area contributed by atoms with E-state index in [0.29, 0.717) is 0 Å². The maximum Gasteiger partial charge on any atom is 0.427 e. The van der Waals surface area contributed by atoms with Crippen molar-refractivity contribution in [2.24, 2.45) is 5.41 Å². The van der Waals surface area contributed by atoms with E-state index in [2.05, 4.69) is 4.74 Å². The first-order valence-corrected chi connectivity index (χ1v) is 7.95. The Morgan fingerprint density at radius 1 is 0.714 bits per heavy atom. The number of nitro benzene ring substituents is 1. The van der Waals surface area contributed by atoms with Crippen molar-refractivity contribution in [1.29, 1.82) is 0 Å². The molecule has 35 heavy (non-hydrogen) atoms. The predicted molar refractivity (Wildman–Crippen MR) is 77.8 cm³/mol. The first-order valence-electron chi connectivity index (χ1n) is 7.95. The molecule has 0 aliphatic heterocycles. The highest BCUT2D eigenvalue weighted by atomic mass is 19.4. The summed E-state index contributed by atoms with van der Waals surface area (Å²) in [4.78, 5) is 9.18. The molecule has 0 heterocycles. The molecule has 0 aromatic heterocycles. The molecule has 0 amide bonds. The van der Waals surface area contributed by atoms with Crippen LogP contribution in [-0.4, -0.2) is 35.8 Å². The van der Waals surface area contributed by atoms with Crippen LogP contribution in [0.25, 0.3) is 0 Å². The average molecular weight is 551 g/mol. The lowest BCUT2D eigenvalue weighted by Crippen LogP contribution is -2.63. The van der Waals surface area contributed by atoms with Gasteiger partial charge in [-0.15, -0.1) is 0 Å². The molecule has 0 spiro atoms. The van der Waals surface area contributed by atoms with Crippen molar-refractivity contribution >= 4 is 5.69 Å². The molecule has 0 N–H and O–H groups in total. The van der Waals surface area contributed by atoms with Gasteiger partial charge < -0.3 is 4.74 Å². The van der Waals surface area contributed by atoms with Gasteiger partial charge >= 0.3 is 30.9 Å². The molecular weight excluding hydrogens is 546 g/mol. The number of nitro groups is 1. The molecule has 0 saturated heterocycles. The fourth-order valence-electron chi connectivity index (χ4n) is 2.65. The Labute approximate surface area is 180 Å². The maximum absolute atomic E-state index is 13.9. The maximum atomic E-state index is 13.9. The van der Waals surface area contributed by atoms with Crippen LogP contribution in [0.5, 0.6) is 0 Å². The molecule has 20 heteroatoms. The van der Waals surface area contributed by atoms with Crippen LogP contribution in [0.2, 0.25) is 0 Å². The molecule has 1 rings (SSSR count). The number of allylic oxidation sites excluding steroid dienone is 1. The summed E-state index contributed by atoms with van der Waals surface area (Å²) in [5.41, 5.74) is -15.2. The summed E-state index contributed by atoms with van der Waals surface area (Å²) in [5.74, 6) is 0. The van der Waals surface area contributed by atoms with E-state index >= 15 is 0 Å². The van der Waals surface area contributed by atoms with E-state index in [0.717, 1.165) is 0 Å². The number of benzene rings is 1. The van der Waals surface area contributed by atoms with E-state index < -0.39 is 70.2 Å². The van der Waals surface area contributed by atoms with Gasteiger partial charge in [-0.1, -0.05) is 0 Å². The monoisotopic (exact) mass is 551 g/mol. The molecule has 0 radical (unpaired) electrons. The zero-order valence-corrected chi connectivity index (χ0v) is 15.6. The van der Waals surface area contributed by atoms with Gasteiger partial charge in [-0.05, 0) is 17.7 Å². The van der Waals surface area contributed by atoms with Crippen molar-refractivity contribution in [2.45, 2.75) is 37.0 Å². The van der Waals surface area contributed by atoms with Gasteiger partial charge in [0, 0.05) is 12.1 Å². The second-order valence-electron chi connectivity index (χ2n) is 6.29. The van der Waals surface area contributed by atoms with Crippen LogP contribution in [0.4, 0.5) is 75.9 Å². The predicted octanol–water partition coefficient (Wildman–Crippen LogP) is 7.63. The largest absolute Gasteiger partial charge is 0.460 e. The summed E-state index contributed by atoms with van der Waals surface area (Å²) in [6.45, 7) is 0. The van der Waals surface area contributed by atoms with Gasteiger partial charge in [-0.3, -0.25) is 10.1 Å². The third-order valence-corrected chi connectivity index (χ3v) is 4.13. The van der Waals surface area contributed by atoms with Crippen molar-refractivity contribution in [3.05, 3.63) is 51.5 Å². The first-order chi connectivity index (χ1) is 15.3. The third-order valence-electron chi connectivity index (χ3n) is 4.13. The molecule has 0 aliphatic carbocycles. The van der Waals surface area contributed by atoms with Crippen molar-refractivity contribution in [1.82, 2.24) is 0 Å². The Kier molecular flexibility index (Phi) is 7.66. The van der Waals surface area contributed by atoms with Crippen molar-refractivity contribution in [3.8, 4) is 0 Å². The SMILES string of the molecule is O=[N+]([O-])c1ccc(C(OC(F)=C(C(F)(F)F)C(F)(F)F)C(C(F)(F)F)(C(F)(F)F)C(F)(F)F)cc1. The van der Waals surface area contributed by atoms with Crippen LogP contribution in [-0.2, 0) is 4.74 Å². The van der Waals surface area contributed by atoms with Gasteiger partial charge in [0.25, 0.3) is 17.1 Å². The van der Waals surface area contributed by atoms with Crippen LogP contribution in [0.1, 0.15) is 11.7 Å². The molecule has 0 aliphatic rings. The fourth-order valence-corrected chi connectivity index (χ4v) is 2.65. The van der Waals surface area contributed by atoms with Crippen LogP contribution in [0, 0.1) is 15.5 Å². The highest BCUT2D eigenvalue weighted by Gasteiger charge is 2.88. The lowest BCUT2D eigenvalue weighted by molar-refractivity contribution is -0.451. The zero-order valence-electron chi connectivity index (χ0n) is 15.6. The molecule has 4 nitrogen and oxygen atoms in total. The minimum atomic E-state index is -7.63. The smallest absolute Gasteiger partial charge is 0.427 e. The Balaban J connectivity index is 4.18. The van der Waals surface area contributed by atoms with Gasteiger partial charge in [0.15, 0.2) is 6.10 Å². The number of non-ortho nitro benzene ring substituents is 1. The lowest BCUT2D eigenvalue weighted by Gasteiger charge is -2.43. The van der Waals surface area contributed by atoms with Crippen molar-refractivity contribution < 1.29 is 79.9 Å². The Bertz CT molecular complexity index is 897. The molecule has 0 fully saturated rings. The minimum Gasteiger partial charge on any atom is -0.460 e. The quantitative estimate of drug-likeness (QED) is 0.164. The molecule has 0 saturated carbocycles. The fraction of sp³-hybridized carbons (Fsp3) is 0.467. The minimum absolute atomic E-state index is 0.0599. The molecule has 1 aromatic rings. The Morgan fingerprint density at radius 3 is 1.31 bits per heavy atom. The molecule has 200 valence electrons. The summed E-state index contributed by atoms with van der Waals surface area (Å²) < 4.78 is 213. The van der Waals surface area contributed by atoms with E-state index in [1.54, 1.807) is 0 Å². The summed E-state index contributed by atoms with van der Waals surface area (Å²) in [7, 11) is 0. The zero-order chi connectivity index (χ0) is 28.0. The summed E-state index contributed by atoms with van der Waals surface area (Å²) in [6, 6.07) is -5.11. The Hall–Kier alpha value is -2.96. The molecular formula is C15H5F16NO3. The van der Waals surface area contributed by atoms with Crippen LogP contribution >= 0.6 is 0 Å². The van der Waals surface area contributed by atoms with Gasteiger partial charge in [-0.2, -0.15) is 70.2 Å². The van der Waals surface area contributed by atoms with Crippen LogP contribution in [0.3, 0.4) is 0 Å². The molecule has 0 bridgehead atoms. The van der Waals surface area contributed by atoms with Crippen LogP contribution < -0.4 is 0 Å². The standard InChI is InChI=1S/C15H5F16NO3/c16-9(7(11(17,18)19)12(20,21)22)35-8(5-1-3-6(4-2-5)32(33)34)10(13(23,24)25,14(26,27)28)15(29,30)31/h1-4,8H. The number of rotatable bonds is 5. The molecule has 1 atom stereocenters.